The monoisotopic (exact) mass is 392 g/mol. The molecule has 2 N–H and O–H groups in total. The Hall–Kier alpha value is -3.55. The molecule has 0 aliphatic rings. The number of benzene rings is 1. The molecule has 8 nitrogen and oxygen atoms in total. The van der Waals surface area contributed by atoms with Crippen LogP contribution in [0, 0.1) is 6.92 Å². The van der Waals surface area contributed by atoms with Gasteiger partial charge in [0.25, 0.3) is 5.91 Å². The van der Waals surface area contributed by atoms with Crippen LogP contribution in [0.25, 0.3) is 11.3 Å². The second-order valence-electron chi connectivity index (χ2n) is 6.63. The van der Waals surface area contributed by atoms with Gasteiger partial charge in [0.05, 0.1) is 12.8 Å². The van der Waals surface area contributed by atoms with Crippen molar-refractivity contribution in [1.29, 1.82) is 0 Å². The van der Waals surface area contributed by atoms with E-state index in [1.165, 1.54) is 6.33 Å². The summed E-state index contributed by atoms with van der Waals surface area (Å²) in [5.41, 5.74) is 3.16. The van der Waals surface area contributed by atoms with Crippen molar-refractivity contribution in [2.24, 2.45) is 0 Å². The lowest BCUT2D eigenvalue weighted by Gasteiger charge is -2.17. The predicted molar refractivity (Wildman–Crippen MR) is 111 cm³/mol. The van der Waals surface area contributed by atoms with Gasteiger partial charge in [-0.15, -0.1) is 0 Å². The van der Waals surface area contributed by atoms with Gasteiger partial charge in [0.15, 0.2) is 0 Å². The van der Waals surface area contributed by atoms with E-state index in [4.69, 9.17) is 4.74 Å². The van der Waals surface area contributed by atoms with Gasteiger partial charge in [-0.2, -0.15) is 0 Å². The molecule has 0 radical (unpaired) electrons. The number of carbonyl (C=O) groups excluding carboxylic acids is 1. The van der Waals surface area contributed by atoms with Crippen LogP contribution in [0.2, 0.25) is 0 Å². The fourth-order valence-electron chi connectivity index (χ4n) is 2.91. The zero-order valence-electron chi connectivity index (χ0n) is 16.9. The largest absolute Gasteiger partial charge is 0.496 e. The van der Waals surface area contributed by atoms with E-state index < -0.39 is 0 Å². The average Bonchev–Trinajstić information content (AvgIpc) is 2.77. The normalized spacial score (nSPS) is 11.6. The highest BCUT2D eigenvalue weighted by Crippen LogP contribution is 2.28. The van der Waals surface area contributed by atoms with Gasteiger partial charge in [-0.05, 0) is 24.6 Å². The molecular weight excluding hydrogens is 368 g/mol. The maximum atomic E-state index is 11.8. The summed E-state index contributed by atoms with van der Waals surface area (Å²) < 4.78 is 5.49. The minimum atomic E-state index is -0.144. The number of carbonyl (C=O) groups is 1. The molecule has 1 amide bonds. The van der Waals surface area contributed by atoms with Crippen LogP contribution in [0.4, 0.5) is 5.82 Å². The van der Waals surface area contributed by atoms with Gasteiger partial charge in [0, 0.05) is 49.1 Å². The van der Waals surface area contributed by atoms with Crippen LogP contribution in [0.1, 0.15) is 34.6 Å². The number of nitrogens with one attached hydrogen (secondary N) is 2. The fraction of sp³-hybridized carbons (Fsp3) is 0.286. The van der Waals surface area contributed by atoms with E-state index >= 15 is 0 Å². The molecule has 29 heavy (non-hydrogen) atoms. The van der Waals surface area contributed by atoms with Crippen molar-refractivity contribution >= 4 is 11.7 Å². The van der Waals surface area contributed by atoms with E-state index in [1.807, 2.05) is 19.1 Å². The molecule has 0 spiro atoms. The fourth-order valence-corrected chi connectivity index (χ4v) is 2.91. The molecule has 1 atom stereocenters. The lowest BCUT2D eigenvalue weighted by molar-refractivity contribution is 0.0962. The third-order valence-electron chi connectivity index (χ3n) is 4.59. The Morgan fingerprint density at radius 1 is 1.14 bits per heavy atom. The highest BCUT2D eigenvalue weighted by Gasteiger charge is 2.15. The van der Waals surface area contributed by atoms with E-state index in [2.05, 4.69) is 37.5 Å². The standard InChI is InChI=1S/C21H24N6O2/c1-13(17-6-5-15(21(28)22-3)7-19(17)29-4)9-25-20-8-18(26-12-27-20)16-10-23-14(2)24-11-16/h5-8,10-13H,9H2,1-4H3,(H,22,28)(H,25,26,27)/t13-/m1/s1. The summed E-state index contributed by atoms with van der Waals surface area (Å²) in [6, 6.07) is 7.34. The van der Waals surface area contributed by atoms with E-state index in [-0.39, 0.29) is 11.8 Å². The van der Waals surface area contributed by atoms with Crippen molar-refractivity contribution < 1.29 is 9.53 Å². The van der Waals surface area contributed by atoms with Gasteiger partial charge in [0.1, 0.15) is 23.7 Å². The molecular formula is C21H24N6O2. The van der Waals surface area contributed by atoms with Crippen LogP contribution >= 0.6 is 0 Å². The Labute approximate surface area is 169 Å². The quantitative estimate of drug-likeness (QED) is 0.637. The first kappa shape index (κ1) is 20.2. The summed E-state index contributed by atoms with van der Waals surface area (Å²) >= 11 is 0. The van der Waals surface area contributed by atoms with Gasteiger partial charge in [0.2, 0.25) is 0 Å². The Morgan fingerprint density at radius 3 is 2.59 bits per heavy atom. The minimum absolute atomic E-state index is 0.129. The maximum Gasteiger partial charge on any atom is 0.251 e. The zero-order valence-corrected chi connectivity index (χ0v) is 16.9. The van der Waals surface area contributed by atoms with Crippen molar-refractivity contribution in [3.05, 3.63) is 59.9 Å². The summed E-state index contributed by atoms with van der Waals surface area (Å²) in [5, 5.41) is 5.96. The minimum Gasteiger partial charge on any atom is -0.496 e. The molecule has 8 heteroatoms. The van der Waals surface area contributed by atoms with Crippen LogP contribution in [-0.2, 0) is 0 Å². The lowest BCUT2D eigenvalue weighted by Crippen LogP contribution is -2.18. The number of aromatic nitrogens is 4. The molecule has 2 heterocycles. The van der Waals surface area contributed by atoms with Gasteiger partial charge in [-0.1, -0.05) is 13.0 Å². The Kier molecular flexibility index (Phi) is 6.33. The number of ether oxygens (including phenoxy) is 1. The molecule has 0 saturated heterocycles. The molecule has 3 rings (SSSR count). The van der Waals surface area contributed by atoms with Crippen molar-refractivity contribution in [2.45, 2.75) is 19.8 Å². The molecule has 150 valence electrons. The molecule has 0 fully saturated rings. The van der Waals surface area contributed by atoms with Crippen molar-refractivity contribution in [2.75, 3.05) is 26.0 Å². The Balaban J connectivity index is 1.72. The van der Waals surface area contributed by atoms with Crippen LogP contribution in [0.5, 0.6) is 5.75 Å². The van der Waals surface area contributed by atoms with E-state index in [1.54, 1.807) is 38.7 Å². The topological polar surface area (TPSA) is 102 Å². The summed E-state index contributed by atoms with van der Waals surface area (Å²) in [4.78, 5) is 28.8. The summed E-state index contributed by atoms with van der Waals surface area (Å²) in [6.07, 6.45) is 5.01. The summed E-state index contributed by atoms with van der Waals surface area (Å²) in [5.74, 6) is 2.09. The van der Waals surface area contributed by atoms with Crippen LogP contribution < -0.4 is 15.4 Å². The summed E-state index contributed by atoms with van der Waals surface area (Å²) in [7, 11) is 3.21. The number of amides is 1. The second-order valence-corrected chi connectivity index (χ2v) is 6.63. The number of methoxy groups -OCH3 is 1. The first-order chi connectivity index (χ1) is 14.0. The highest BCUT2D eigenvalue weighted by atomic mass is 16.5. The van der Waals surface area contributed by atoms with Crippen molar-refractivity contribution in [3.63, 3.8) is 0 Å². The van der Waals surface area contributed by atoms with Crippen molar-refractivity contribution in [1.82, 2.24) is 25.3 Å². The van der Waals surface area contributed by atoms with Crippen LogP contribution in [0.3, 0.4) is 0 Å². The molecule has 2 aromatic heterocycles. The molecule has 0 aliphatic carbocycles. The van der Waals surface area contributed by atoms with E-state index in [0.29, 0.717) is 29.5 Å². The number of nitrogens with zero attached hydrogens (tertiary/aromatic N) is 4. The number of rotatable bonds is 7. The van der Waals surface area contributed by atoms with Crippen LogP contribution in [0.15, 0.2) is 43.0 Å². The molecule has 1 aromatic carbocycles. The molecule has 0 unspecified atom stereocenters. The highest BCUT2D eigenvalue weighted by molar-refractivity contribution is 5.94. The molecule has 0 bridgehead atoms. The number of aryl methyl sites for hydroxylation is 1. The average molecular weight is 392 g/mol. The number of anilines is 1. The Morgan fingerprint density at radius 2 is 1.90 bits per heavy atom. The van der Waals surface area contributed by atoms with E-state index in [0.717, 1.165) is 16.8 Å². The summed E-state index contributed by atoms with van der Waals surface area (Å²) in [6.45, 7) is 4.56. The van der Waals surface area contributed by atoms with Gasteiger partial charge >= 0.3 is 0 Å². The van der Waals surface area contributed by atoms with Gasteiger partial charge in [-0.25, -0.2) is 19.9 Å². The molecule has 3 aromatic rings. The molecule has 0 aliphatic heterocycles. The van der Waals surface area contributed by atoms with Gasteiger partial charge < -0.3 is 15.4 Å². The Bertz CT molecular complexity index is 991. The third kappa shape index (κ3) is 4.84. The zero-order chi connectivity index (χ0) is 20.8. The second kappa shape index (κ2) is 9.09. The van der Waals surface area contributed by atoms with Gasteiger partial charge in [-0.3, -0.25) is 4.79 Å². The lowest BCUT2D eigenvalue weighted by atomic mass is 9.98. The van der Waals surface area contributed by atoms with Crippen molar-refractivity contribution in [3.8, 4) is 17.0 Å². The molecule has 0 saturated carbocycles. The SMILES string of the molecule is CNC(=O)c1ccc([C@H](C)CNc2cc(-c3cnc(C)nc3)ncn2)c(OC)c1. The smallest absolute Gasteiger partial charge is 0.251 e. The maximum absolute atomic E-state index is 11.8. The third-order valence-corrected chi connectivity index (χ3v) is 4.59. The first-order valence-electron chi connectivity index (χ1n) is 9.26. The predicted octanol–water partition coefficient (Wildman–Crippen LogP) is 2.83. The van der Waals surface area contributed by atoms with E-state index in [9.17, 15) is 4.79 Å². The first-order valence-corrected chi connectivity index (χ1v) is 9.26. The number of hydrogen-bond donors (Lipinski definition) is 2. The van der Waals surface area contributed by atoms with Crippen LogP contribution in [-0.4, -0.2) is 46.5 Å². The number of hydrogen-bond acceptors (Lipinski definition) is 7.